The molecule has 6 heteroatoms. The molecule has 5 nitrogen and oxygen atoms in total. The van der Waals surface area contributed by atoms with Gasteiger partial charge >= 0.3 is 0 Å². The van der Waals surface area contributed by atoms with Gasteiger partial charge in [0, 0.05) is 24.1 Å². The summed E-state index contributed by atoms with van der Waals surface area (Å²) in [4.78, 5) is 12.9. The van der Waals surface area contributed by atoms with Crippen molar-refractivity contribution in [3.05, 3.63) is 65.7 Å². The van der Waals surface area contributed by atoms with Crippen molar-refractivity contribution in [3.63, 3.8) is 0 Å². The summed E-state index contributed by atoms with van der Waals surface area (Å²) < 4.78 is 11.5. The van der Waals surface area contributed by atoms with Crippen LogP contribution in [0.15, 0.2) is 54.6 Å². The summed E-state index contributed by atoms with van der Waals surface area (Å²) in [5.74, 6) is -0.166. The highest BCUT2D eigenvalue weighted by Crippen LogP contribution is 2.50. The Balaban J connectivity index is 0.00000320. The fourth-order valence-electron chi connectivity index (χ4n) is 3.83. The standard InChI is InChI=1S/C24H32N2O3.ClH/c1-4-29-21-16-24(25,23(21,2)3)22(27)26-20-12-8-11-19(15-20)17-28-14-13-18-9-6-5-7-10-18;/h5-12,15,21H,4,13-14,16-17,25H2,1-3H3,(H,26,27);1H. The van der Waals surface area contributed by atoms with Crippen LogP contribution in [0.3, 0.4) is 0 Å². The Morgan fingerprint density at radius 2 is 1.83 bits per heavy atom. The van der Waals surface area contributed by atoms with Crippen molar-refractivity contribution in [1.29, 1.82) is 0 Å². The van der Waals surface area contributed by atoms with E-state index in [1.165, 1.54) is 5.56 Å². The molecule has 0 bridgehead atoms. The van der Waals surface area contributed by atoms with Crippen molar-refractivity contribution in [1.82, 2.24) is 0 Å². The minimum absolute atomic E-state index is 0. The van der Waals surface area contributed by atoms with Gasteiger partial charge in [0.25, 0.3) is 0 Å². The first-order valence-electron chi connectivity index (χ1n) is 10.3. The molecule has 0 radical (unpaired) electrons. The molecule has 0 aromatic heterocycles. The molecule has 1 fully saturated rings. The van der Waals surface area contributed by atoms with E-state index < -0.39 is 11.0 Å². The van der Waals surface area contributed by atoms with Gasteiger partial charge in [-0.25, -0.2) is 0 Å². The van der Waals surface area contributed by atoms with Gasteiger partial charge in [0.2, 0.25) is 5.91 Å². The number of nitrogens with one attached hydrogen (secondary N) is 1. The highest BCUT2D eigenvalue weighted by Gasteiger charge is 2.62. The van der Waals surface area contributed by atoms with Crippen molar-refractivity contribution < 1.29 is 14.3 Å². The van der Waals surface area contributed by atoms with E-state index in [4.69, 9.17) is 15.2 Å². The third-order valence-corrected chi connectivity index (χ3v) is 6.07. The molecule has 1 aliphatic carbocycles. The molecular weight excluding hydrogens is 400 g/mol. The van der Waals surface area contributed by atoms with Crippen molar-refractivity contribution in [2.75, 3.05) is 18.5 Å². The van der Waals surface area contributed by atoms with Crippen molar-refractivity contribution in [3.8, 4) is 0 Å². The van der Waals surface area contributed by atoms with Gasteiger partial charge in [-0.3, -0.25) is 4.79 Å². The topological polar surface area (TPSA) is 73.6 Å². The first kappa shape index (κ1) is 24.4. The molecule has 3 N–H and O–H groups in total. The zero-order chi connectivity index (χ0) is 20.9. The molecule has 0 heterocycles. The van der Waals surface area contributed by atoms with Gasteiger partial charge in [0.05, 0.1) is 19.3 Å². The van der Waals surface area contributed by atoms with Crippen LogP contribution in [0.25, 0.3) is 0 Å². The molecule has 1 aliphatic rings. The number of carbonyl (C=O) groups is 1. The Kier molecular flexibility index (Phi) is 8.44. The Bertz CT molecular complexity index is 828. The summed E-state index contributed by atoms with van der Waals surface area (Å²) >= 11 is 0. The minimum atomic E-state index is -0.935. The molecule has 1 amide bonds. The van der Waals surface area contributed by atoms with Gasteiger partial charge < -0.3 is 20.5 Å². The molecule has 2 aromatic rings. The zero-order valence-electron chi connectivity index (χ0n) is 18.0. The van der Waals surface area contributed by atoms with E-state index in [1.54, 1.807) is 0 Å². The fraction of sp³-hybridized carbons (Fsp3) is 0.458. The largest absolute Gasteiger partial charge is 0.378 e. The maximum Gasteiger partial charge on any atom is 0.245 e. The molecule has 1 saturated carbocycles. The SMILES string of the molecule is CCOC1CC(N)(C(=O)Nc2cccc(COCCc3ccccc3)c2)C1(C)C.Cl. The van der Waals surface area contributed by atoms with Crippen molar-refractivity contribution in [2.45, 2.75) is 51.9 Å². The Morgan fingerprint density at radius 3 is 2.50 bits per heavy atom. The van der Waals surface area contributed by atoms with Crippen LogP contribution in [0.1, 0.15) is 38.3 Å². The lowest BCUT2D eigenvalue weighted by Crippen LogP contribution is -2.74. The van der Waals surface area contributed by atoms with Gasteiger partial charge in [0.15, 0.2) is 0 Å². The Morgan fingerprint density at radius 1 is 1.13 bits per heavy atom. The predicted octanol–water partition coefficient (Wildman–Crippen LogP) is 4.34. The average Bonchev–Trinajstić information content (AvgIpc) is 2.72. The van der Waals surface area contributed by atoms with Crippen LogP contribution in [0.4, 0.5) is 5.69 Å². The lowest BCUT2D eigenvalue weighted by Gasteiger charge is -2.57. The van der Waals surface area contributed by atoms with Crippen LogP contribution in [-0.2, 0) is 27.3 Å². The second-order valence-electron chi connectivity index (χ2n) is 8.28. The third-order valence-electron chi connectivity index (χ3n) is 6.07. The van der Waals surface area contributed by atoms with Crippen LogP contribution in [0.2, 0.25) is 0 Å². The van der Waals surface area contributed by atoms with E-state index in [-0.39, 0.29) is 24.4 Å². The van der Waals surface area contributed by atoms with Gasteiger partial charge in [-0.15, -0.1) is 12.4 Å². The molecule has 30 heavy (non-hydrogen) atoms. The van der Waals surface area contributed by atoms with Crippen molar-refractivity contribution in [2.24, 2.45) is 11.1 Å². The number of hydrogen-bond acceptors (Lipinski definition) is 4. The van der Waals surface area contributed by atoms with Crippen molar-refractivity contribution >= 4 is 24.0 Å². The summed E-state index contributed by atoms with van der Waals surface area (Å²) in [7, 11) is 0. The van der Waals surface area contributed by atoms with Crippen LogP contribution in [0, 0.1) is 5.41 Å². The average molecular weight is 433 g/mol. The van der Waals surface area contributed by atoms with E-state index in [0.717, 1.165) is 17.7 Å². The van der Waals surface area contributed by atoms with E-state index in [0.29, 0.717) is 26.2 Å². The first-order valence-corrected chi connectivity index (χ1v) is 10.3. The van der Waals surface area contributed by atoms with Crippen LogP contribution in [0.5, 0.6) is 0 Å². The highest BCUT2D eigenvalue weighted by atomic mass is 35.5. The molecule has 2 unspecified atom stereocenters. The second kappa shape index (κ2) is 10.4. The number of amides is 1. The fourth-order valence-corrected chi connectivity index (χ4v) is 3.83. The van der Waals surface area contributed by atoms with Crippen LogP contribution >= 0.6 is 12.4 Å². The lowest BCUT2D eigenvalue weighted by atomic mass is 9.54. The maximum atomic E-state index is 12.9. The van der Waals surface area contributed by atoms with Gasteiger partial charge in [-0.2, -0.15) is 0 Å². The van der Waals surface area contributed by atoms with E-state index in [2.05, 4.69) is 17.4 Å². The number of nitrogens with two attached hydrogens (primary N) is 1. The summed E-state index contributed by atoms with van der Waals surface area (Å²) in [5, 5.41) is 2.98. The molecule has 0 spiro atoms. The van der Waals surface area contributed by atoms with Gasteiger partial charge in [-0.1, -0.05) is 56.3 Å². The molecule has 3 rings (SSSR count). The normalized spacial score (nSPS) is 21.9. The number of carbonyl (C=O) groups excluding carboxylic acids is 1. The van der Waals surface area contributed by atoms with E-state index in [1.807, 2.05) is 63.2 Å². The summed E-state index contributed by atoms with van der Waals surface area (Å²) in [6.07, 6.45) is 1.41. The molecule has 2 aromatic carbocycles. The molecule has 0 saturated heterocycles. The minimum Gasteiger partial charge on any atom is -0.378 e. The second-order valence-corrected chi connectivity index (χ2v) is 8.28. The predicted molar refractivity (Wildman–Crippen MR) is 123 cm³/mol. The number of anilines is 1. The highest BCUT2D eigenvalue weighted by molar-refractivity contribution is 5.99. The molecular formula is C24H33ClN2O3. The monoisotopic (exact) mass is 432 g/mol. The number of halogens is 1. The first-order chi connectivity index (χ1) is 13.9. The van der Waals surface area contributed by atoms with E-state index in [9.17, 15) is 4.79 Å². The summed E-state index contributed by atoms with van der Waals surface area (Å²) in [6, 6.07) is 18.0. The van der Waals surface area contributed by atoms with Crippen LogP contribution < -0.4 is 11.1 Å². The molecule has 164 valence electrons. The quantitative estimate of drug-likeness (QED) is 0.578. The Hall–Kier alpha value is -1.92. The van der Waals surface area contributed by atoms with Gasteiger partial charge in [0.1, 0.15) is 5.54 Å². The number of ether oxygens (including phenoxy) is 2. The van der Waals surface area contributed by atoms with Gasteiger partial charge in [-0.05, 0) is 36.6 Å². The zero-order valence-corrected chi connectivity index (χ0v) is 18.8. The van der Waals surface area contributed by atoms with Crippen LogP contribution in [-0.4, -0.2) is 30.8 Å². The summed E-state index contributed by atoms with van der Waals surface area (Å²) in [5.41, 5.74) is 8.13. The van der Waals surface area contributed by atoms with E-state index >= 15 is 0 Å². The number of rotatable bonds is 9. The number of benzene rings is 2. The molecule has 0 aliphatic heterocycles. The maximum absolute atomic E-state index is 12.9. The lowest BCUT2D eigenvalue weighted by molar-refractivity contribution is -0.166. The smallest absolute Gasteiger partial charge is 0.245 e. The number of hydrogen-bond donors (Lipinski definition) is 2. The Labute approximate surface area is 185 Å². The molecule has 2 atom stereocenters. The summed E-state index contributed by atoms with van der Waals surface area (Å²) in [6.45, 7) is 7.72. The third kappa shape index (κ3) is 5.22.